The molecule has 0 saturated heterocycles. The average Bonchev–Trinajstić information content (AvgIpc) is 3.00. The van der Waals surface area contributed by atoms with Gasteiger partial charge in [-0.1, -0.05) is 42.5 Å². The van der Waals surface area contributed by atoms with Crippen LogP contribution in [0.2, 0.25) is 0 Å². The summed E-state index contributed by atoms with van der Waals surface area (Å²) in [7, 11) is 0. The van der Waals surface area contributed by atoms with Gasteiger partial charge in [-0.3, -0.25) is 4.79 Å². The first-order chi connectivity index (χ1) is 11.2. The highest BCUT2D eigenvalue weighted by atomic mass is 16.1. The Hall–Kier alpha value is -2.95. The van der Waals surface area contributed by atoms with E-state index in [4.69, 9.17) is 0 Å². The Morgan fingerprint density at radius 2 is 1.96 bits per heavy atom. The minimum Gasteiger partial charge on any atom is -0.328 e. The molecule has 2 heterocycles. The van der Waals surface area contributed by atoms with Crippen LogP contribution in [0.3, 0.4) is 0 Å². The fourth-order valence-electron chi connectivity index (χ4n) is 3.32. The van der Waals surface area contributed by atoms with Crippen LogP contribution < -0.4 is 5.32 Å². The van der Waals surface area contributed by atoms with Crippen molar-refractivity contribution in [2.75, 3.05) is 5.32 Å². The first-order valence-electron chi connectivity index (χ1n) is 7.52. The van der Waals surface area contributed by atoms with Crippen LogP contribution >= 0.6 is 0 Å². The van der Waals surface area contributed by atoms with Crippen LogP contribution in [0.5, 0.6) is 0 Å². The van der Waals surface area contributed by atoms with Crippen molar-refractivity contribution in [1.29, 1.82) is 0 Å². The lowest BCUT2D eigenvalue weighted by Crippen LogP contribution is -2.28. The van der Waals surface area contributed by atoms with Gasteiger partial charge in [0.05, 0.1) is 0 Å². The molecule has 0 aliphatic carbocycles. The maximum absolute atomic E-state index is 12.3. The molecule has 0 saturated carbocycles. The number of rotatable bonds is 2. The molecule has 1 atom stereocenters. The molecule has 1 N–H and O–H groups in total. The van der Waals surface area contributed by atoms with Gasteiger partial charge >= 0.3 is 0 Å². The van der Waals surface area contributed by atoms with Gasteiger partial charge in [-0.05, 0) is 30.2 Å². The molecule has 23 heavy (non-hydrogen) atoms. The van der Waals surface area contributed by atoms with Crippen LogP contribution in [0.1, 0.15) is 25.5 Å². The molecule has 5 heteroatoms. The Labute approximate surface area is 133 Å². The Bertz CT molecular complexity index is 949. The molecule has 2 aromatic carbocycles. The summed E-state index contributed by atoms with van der Waals surface area (Å²) in [5.74, 6) is 0.694. The number of hydrogen-bond donors (Lipinski definition) is 1. The second-order valence-corrected chi connectivity index (χ2v) is 5.72. The Morgan fingerprint density at radius 1 is 1.17 bits per heavy atom. The van der Waals surface area contributed by atoms with Crippen LogP contribution in [0.25, 0.3) is 10.8 Å². The summed E-state index contributed by atoms with van der Waals surface area (Å²) in [5, 5.41) is 9.78. The number of benzene rings is 2. The minimum absolute atomic E-state index is 0.0362. The van der Waals surface area contributed by atoms with Gasteiger partial charge in [0.25, 0.3) is 0 Å². The molecule has 0 spiro atoms. The molecule has 0 amide bonds. The van der Waals surface area contributed by atoms with E-state index in [0.717, 1.165) is 27.6 Å². The van der Waals surface area contributed by atoms with Crippen LogP contribution in [0.4, 0.5) is 5.95 Å². The molecule has 1 aliphatic heterocycles. The molecule has 0 bridgehead atoms. The van der Waals surface area contributed by atoms with Crippen LogP contribution in [0.15, 0.2) is 60.1 Å². The van der Waals surface area contributed by atoms with Crippen molar-refractivity contribution in [3.05, 3.63) is 65.6 Å². The van der Waals surface area contributed by atoms with Gasteiger partial charge in [-0.25, -0.2) is 4.68 Å². The van der Waals surface area contributed by atoms with Gasteiger partial charge in [0.1, 0.15) is 12.4 Å². The summed E-state index contributed by atoms with van der Waals surface area (Å²) in [6.07, 6.45) is 1.51. The molecule has 3 aromatic rings. The third-order valence-electron chi connectivity index (χ3n) is 4.29. The predicted octanol–water partition coefficient (Wildman–Crippen LogP) is 3.31. The lowest BCUT2D eigenvalue weighted by Gasteiger charge is -2.28. The predicted molar refractivity (Wildman–Crippen MR) is 89.1 cm³/mol. The fourth-order valence-corrected chi connectivity index (χ4v) is 3.32. The molecule has 0 fully saturated rings. The van der Waals surface area contributed by atoms with E-state index >= 15 is 0 Å². The van der Waals surface area contributed by atoms with E-state index < -0.39 is 0 Å². The Kier molecular flexibility index (Phi) is 3.01. The number of allylic oxidation sites excluding steroid dienone is 2. The molecular weight excluding hydrogens is 288 g/mol. The number of hydrogen-bond acceptors (Lipinski definition) is 4. The number of fused-ring (bicyclic) bond motifs is 2. The van der Waals surface area contributed by atoms with Crippen molar-refractivity contribution in [3.8, 4) is 0 Å². The largest absolute Gasteiger partial charge is 0.328 e. The normalized spacial score (nSPS) is 17.0. The van der Waals surface area contributed by atoms with Crippen molar-refractivity contribution in [3.63, 3.8) is 0 Å². The first-order valence-corrected chi connectivity index (χ1v) is 7.52. The van der Waals surface area contributed by atoms with Crippen molar-refractivity contribution >= 4 is 22.5 Å². The van der Waals surface area contributed by atoms with E-state index in [1.165, 1.54) is 6.33 Å². The first kappa shape index (κ1) is 13.7. The minimum atomic E-state index is -0.266. The standard InChI is InChI=1S/C18H16N4O/c1-11-16(12(2)23)17(22-18(21-11)19-10-20-22)15-9-5-7-13-6-3-4-8-14(13)15/h3-10,17H,1-2H3,(H,19,20,21). The molecule has 1 unspecified atom stereocenters. The van der Waals surface area contributed by atoms with Gasteiger partial charge in [-0.2, -0.15) is 10.1 Å². The van der Waals surface area contributed by atoms with Gasteiger partial charge in [0.2, 0.25) is 5.95 Å². The number of aromatic nitrogens is 3. The number of Topliss-reactive ketones (excluding diaryl/α,β-unsaturated/α-hetero) is 1. The number of nitrogens with one attached hydrogen (secondary N) is 1. The quantitative estimate of drug-likeness (QED) is 0.789. The summed E-state index contributed by atoms with van der Waals surface area (Å²) < 4.78 is 1.78. The third kappa shape index (κ3) is 2.04. The summed E-state index contributed by atoms with van der Waals surface area (Å²) in [6.45, 7) is 3.51. The van der Waals surface area contributed by atoms with E-state index in [-0.39, 0.29) is 11.8 Å². The summed E-state index contributed by atoms with van der Waals surface area (Å²) in [5.41, 5.74) is 2.61. The van der Waals surface area contributed by atoms with E-state index in [1.807, 2.05) is 25.1 Å². The maximum atomic E-state index is 12.3. The molecule has 1 aliphatic rings. The van der Waals surface area contributed by atoms with E-state index in [9.17, 15) is 4.79 Å². The molecule has 1 aromatic heterocycles. The van der Waals surface area contributed by atoms with Crippen molar-refractivity contribution in [2.45, 2.75) is 19.9 Å². The van der Waals surface area contributed by atoms with Gasteiger partial charge in [-0.15, -0.1) is 0 Å². The lowest BCUT2D eigenvalue weighted by molar-refractivity contribution is -0.114. The number of ketones is 1. The zero-order valence-corrected chi connectivity index (χ0v) is 12.9. The molecule has 0 radical (unpaired) electrons. The Balaban J connectivity index is 2.04. The van der Waals surface area contributed by atoms with Crippen molar-refractivity contribution in [1.82, 2.24) is 14.8 Å². The zero-order chi connectivity index (χ0) is 16.0. The van der Waals surface area contributed by atoms with Crippen LogP contribution in [-0.4, -0.2) is 20.5 Å². The average molecular weight is 304 g/mol. The lowest BCUT2D eigenvalue weighted by atomic mass is 9.90. The third-order valence-corrected chi connectivity index (χ3v) is 4.29. The molecular formula is C18H16N4O. The molecule has 114 valence electrons. The number of carbonyl (C=O) groups is 1. The highest BCUT2D eigenvalue weighted by molar-refractivity contribution is 5.98. The smallest absolute Gasteiger partial charge is 0.226 e. The summed E-state index contributed by atoms with van der Waals surface area (Å²) in [6, 6.07) is 14.1. The van der Waals surface area contributed by atoms with E-state index in [2.05, 4.69) is 39.7 Å². The highest BCUT2D eigenvalue weighted by Crippen LogP contribution is 2.37. The second-order valence-electron chi connectivity index (χ2n) is 5.72. The summed E-state index contributed by atoms with van der Waals surface area (Å²) in [4.78, 5) is 16.6. The number of carbonyl (C=O) groups excluding carboxylic acids is 1. The van der Waals surface area contributed by atoms with Crippen LogP contribution in [0, 0.1) is 0 Å². The van der Waals surface area contributed by atoms with E-state index in [1.54, 1.807) is 11.6 Å². The fraction of sp³-hybridized carbons (Fsp3) is 0.167. The highest BCUT2D eigenvalue weighted by Gasteiger charge is 2.32. The maximum Gasteiger partial charge on any atom is 0.226 e. The van der Waals surface area contributed by atoms with Gasteiger partial charge in [0, 0.05) is 11.3 Å². The summed E-state index contributed by atoms with van der Waals surface area (Å²) >= 11 is 0. The topological polar surface area (TPSA) is 59.8 Å². The van der Waals surface area contributed by atoms with Crippen LogP contribution in [-0.2, 0) is 4.79 Å². The van der Waals surface area contributed by atoms with Gasteiger partial charge in [0.15, 0.2) is 5.78 Å². The molecule has 4 rings (SSSR count). The van der Waals surface area contributed by atoms with Crippen molar-refractivity contribution < 1.29 is 4.79 Å². The van der Waals surface area contributed by atoms with Crippen molar-refractivity contribution in [2.24, 2.45) is 0 Å². The SMILES string of the molecule is CC(=O)C1=C(C)Nc2ncnn2C1c1cccc2ccccc12. The number of anilines is 1. The Morgan fingerprint density at radius 3 is 2.78 bits per heavy atom. The van der Waals surface area contributed by atoms with E-state index in [0.29, 0.717) is 5.95 Å². The second kappa shape index (κ2) is 5.05. The monoisotopic (exact) mass is 304 g/mol. The van der Waals surface area contributed by atoms with Gasteiger partial charge < -0.3 is 5.32 Å². The number of nitrogens with zero attached hydrogens (tertiary/aromatic N) is 3. The molecule has 5 nitrogen and oxygen atoms in total. The zero-order valence-electron chi connectivity index (χ0n) is 12.9.